The topological polar surface area (TPSA) is 65.8 Å². The van der Waals surface area contributed by atoms with Crippen LogP contribution in [-0.2, 0) is 4.79 Å². The molecule has 0 radical (unpaired) electrons. The molecule has 0 aliphatic carbocycles. The fraction of sp³-hybridized carbons (Fsp3) is 0.273. The molecule has 1 atom stereocenters. The van der Waals surface area contributed by atoms with E-state index in [1.54, 1.807) is 43.4 Å². The number of amides is 1. The van der Waals surface area contributed by atoms with Gasteiger partial charge in [0, 0.05) is 23.6 Å². The predicted molar refractivity (Wildman–Crippen MR) is 113 cm³/mol. The minimum absolute atomic E-state index is 0.0711. The highest BCUT2D eigenvalue weighted by Gasteiger charge is 2.39. The van der Waals surface area contributed by atoms with E-state index in [-0.39, 0.29) is 18.1 Å². The summed E-state index contributed by atoms with van der Waals surface area (Å²) in [6, 6.07) is 13.9. The Balaban J connectivity index is 1.70. The zero-order valence-electron chi connectivity index (χ0n) is 16.6. The molecule has 1 saturated heterocycles. The Bertz CT molecular complexity index is 1050. The SMILES string of the molecule is COc1ccc(OC)c(C2CC(=O)N3CN(c4ccc(F)cc4)CSC3=C2C#N)c1. The van der Waals surface area contributed by atoms with E-state index in [9.17, 15) is 14.4 Å². The number of fused-ring (bicyclic) bond motifs is 1. The normalized spacial score (nSPS) is 18.7. The van der Waals surface area contributed by atoms with Gasteiger partial charge in [-0.2, -0.15) is 5.26 Å². The van der Waals surface area contributed by atoms with Crippen LogP contribution >= 0.6 is 11.8 Å². The van der Waals surface area contributed by atoms with Crippen molar-refractivity contribution >= 4 is 23.4 Å². The number of carbonyl (C=O) groups excluding carboxylic acids is 1. The molecule has 2 aliphatic heterocycles. The van der Waals surface area contributed by atoms with Crippen molar-refractivity contribution in [2.75, 3.05) is 31.7 Å². The highest BCUT2D eigenvalue weighted by atomic mass is 32.2. The van der Waals surface area contributed by atoms with Gasteiger partial charge in [-0.3, -0.25) is 9.69 Å². The number of nitrogens with zero attached hydrogens (tertiary/aromatic N) is 3. The lowest BCUT2D eigenvalue weighted by Gasteiger charge is -2.42. The van der Waals surface area contributed by atoms with Gasteiger partial charge >= 0.3 is 0 Å². The van der Waals surface area contributed by atoms with E-state index in [0.29, 0.717) is 34.6 Å². The average molecular weight is 425 g/mol. The van der Waals surface area contributed by atoms with E-state index < -0.39 is 5.92 Å². The first-order chi connectivity index (χ1) is 14.5. The Kier molecular flexibility index (Phi) is 5.55. The summed E-state index contributed by atoms with van der Waals surface area (Å²) in [5.41, 5.74) is 2.13. The van der Waals surface area contributed by atoms with Crippen molar-refractivity contribution in [1.82, 2.24) is 4.90 Å². The van der Waals surface area contributed by atoms with Crippen LogP contribution in [0.5, 0.6) is 11.5 Å². The molecule has 1 fully saturated rings. The van der Waals surface area contributed by atoms with Crippen LogP contribution in [0, 0.1) is 17.1 Å². The summed E-state index contributed by atoms with van der Waals surface area (Å²) in [5.74, 6) is 1.03. The standard InChI is InChI=1S/C22H20FN3O3S/c1-28-16-7-8-20(29-2)18(9-16)17-10-21(27)26-12-25(13-30-22(26)19(17)11-24)15-5-3-14(23)4-6-15/h3-9,17H,10,12-13H2,1-2H3. The molecule has 0 bridgehead atoms. The summed E-state index contributed by atoms with van der Waals surface area (Å²) >= 11 is 1.43. The zero-order chi connectivity index (χ0) is 21.3. The number of methoxy groups -OCH3 is 2. The minimum atomic E-state index is -0.399. The van der Waals surface area contributed by atoms with Gasteiger partial charge in [0.15, 0.2) is 0 Å². The van der Waals surface area contributed by atoms with Gasteiger partial charge in [-0.05, 0) is 42.5 Å². The van der Waals surface area contributed by atoms with Gasteiger partial charge in [0.1, 0.15) is 17.3 Å². The molecule has 2 aromatic carbocycles. The summed E-state index contributed by atoms with van der Waals surface area (Å²) in [4.78, 5) is 16.7. The smallest absolute Gasteiger partial charge is 0.229 e. The maximum Gasteiger partial charge on any atom is 0.229 e. The summed E-state index contributed by atoms with van der Waals surface area (Å²) in [6.45, 7) is 0.319. The minimum Gasteiger partial charge on any atom is -0.497 e. The third-order valence-corrected chi connectivity index (χ3v) is 6.45. The van der Waals surface area contributed by atoms with Crippen molar-refractivity contribution in [1.29, 1.82) is 5.26 Å². The molecule has 2 aliphatic rings. The number of hydrogen-bond donors (Lipinski definition) is 0. The summed E-state index contributed by atoms with van der Waals surface area (Å²) < 4.78 is 24.1. The second-order valence-corrected chi connectivity index (χ2v) is 7.88. The fourth-order valence-corrected chi connectivity index (χ4v) is 4.92. The zero-order valence-corrected chi connectivity index (χ0v) is 17.4. The van der Waals surface area contributed by atoms with Gasteiger partial charge < -0.3 is 14.4 Å². The van der Waals surface area contributed by atoms with Crippen LogP contribution in [0.2, 0.25) is 0 Å². The number of carbonyl (C=O) groups is 1. The first-order valence-electron chi connectivity index (χ1n) is 9.35. The molecule has 0 saturated carbocycles. The van der Waals surface area contributed by atoms with Crippen LogP contribution in [0.4, 0.5) is 10.1 Å². The van der Waals surface area contributed by atoms with E-state index in [0.717, 1.165) is 11.3 Å². The van der Waals surface area contributed by atoms with Crippen LogP contribution in [0.3, 0.4) is 0 Å². The first-order valence-corrected chi connectivity index (χ1v) is 10.3. The van der Waals surface area contributed by atoms with E-state index in [1.807, 2.05) is 11.0 Å². The predicted octanol–water partition coefficient (Wildman–Crippen LogP) is 4.06. The fourth-order valence-electron chi connectivity index (χ4n) is 3.75. The lowest BCUT2D eigenvalue weighted by molar-refractivity contribution is -0.129. The van der Waals surface area contributed by atoms with Crippen molar-refractivity contribution < 1.29 is 18.7 Å². The highest BCUT2D eigenvalue weighted by molar-refractivity contribution is 8.03. The van der Waals surface area contributed by atoms with Gasteiger partial charge in [-0.25, -0.2) is 4.39 Å². The van der Waals surface area contributed by atoms with Gasteiger partial charge in [0.05, 0.1) is 43.4 Å². The number of benzene rings is 2. The summed E-state index contributed by atoms with van der Waals surface area (Å²) in [5, 5.41) is 10.6. The molecule has 2 aromatic rings. The van der Waals surface area contributed by atoms with Gasteiger partial charge in [0.2, 0.25) is 5.91 Å². The van der Waals surface area contributed by atoms with Crippen LogP contribution in [0.1, 0.15) is 17.9 Å². The molecule has 154 valence electrons. The number of allylic oxidation sites excluding steroid dienone is 1. The molecular weight excluding hydrogens is 405 g/mol. The Hall–Kier alpha value is -3.18. The molecule has 30 heavy (non-hydrogen) atoms. The van der Waals surface area contributed by atoms with Gasteiger partial charge in [0.25, 0.3) is 0 Å². The molecular formula is C22H20FN3O3S. The van der Waals surface area contributed by atoms with Crippen molar-refractivity contribution in [2.45, 2.75) is 12.3 Å². The molecule has 0 N–H and O–H groups in total. The lowest BCUT2D eigenvalue weighted by Crippen LogP contribution is -2.47. The first kappa shape index (κ1) is 20.1. The monoisotopic (exact) mass is 425 g/mol. The number of rotatable bonds is 4. The summed E-state index contributed by atoms with van der Waals surface area (Å²) in [6.07, 6.45) is 0.160. The second kappa shape index (κ2) is 8.28. The van der Waals surface area contributed by atoms with Crippen molar-refractivity contribution in [3.63, 3.8) is 0 Å². The molecule has 1 amide bonds. The van der Waals surface area contributed by atoms with Crippen molar-refractivity contribution in [2.24, 2.45) is 0 Å². The van der Waals surface area contributed by atoms with Crippen LogP contribution in [0.25, 0.3) is 0 Å². The van der Waals surface area contributed by atoms with Crippen LogP contribution in [-0.4, -0.2) is 37.6 Å². The third-order valence-electron chi connectivity index (χ3n) is 5.30. The Labute approximate surface area is 178 Å². The average Bonchev–Trinajstić information content (AvgIpc) is 2.79. The molecule has 8 heteroatoms. The van der Waals surface area contributed by atoms with Crippen molar-refractivity contribution in [3.05, 3.63) is 64.4 Å². The van der Waals surface area contributed by atoms with Gasteiger partial charge in [-0.1, -0.05) is 11.8 Å². The second-order valence-electron chi connectivity index (χ2n) is 6.95. The van der Waals surface area contributed by atoms with Crippen molar-refractivity contribution in [3.8, 4) is 17.6 Å². The molecule has 6 nitrogen and oxygen atoms in total. The number of thioether (sulfide) groups is 1. The van der Waals surface area contributed by atoms with E-state index in [2.05, 4.69) is 6.07 Å². The Morgan fingerprint density at radius 3 is 2.60 bits per heavy atom. The van der Waals surface area contributed by atoms with Crippen LogP contribution < -0.4 is 14.4 Å². The van der Waals surface area contributed by atoms with Crippen LogP contribution in [0.15, 0.2) is 53.1 Å². The Morgan fingerprint density at radius 2 is 1.93 bits per heavy atom. The number of ether oxygens (including phenoxy) is 2. The summed E-state index contributed by atoms with van der Waals surface area (Å²) in [7, 11) is 3.14. The largest absolute Gasteiger partial charge is 0.497 e. The quantitative estimate of drug-likeness (QED) is 0.736. The number of anilines is 1. The van der Waals surface area contributed by atoms with E-state index >= 15 is 0 Å². The van der Waals surface area contributed by atoms with E-state index in [1.165, 1.54) is 23.9 Å². The maximum atomic E-state index is 13.3. The van der Waals surface area contributed by atoms with E-state index in [4.69, 9.17) is 9.47 Å². The molecule has 0 aromatic heterocycles. The Morgan fingerprint density at radius 1 is 1.17 bits per heavy atom. The molecule has 2 heterocycles. The molecule has 0 spiro atoms. The third kappa shape index (κ3) is 3.57. The number of nitriles is 1. The number of halogens is 1. The van der Waals surface area contributed by atoms with Gasteiger partial charge in [-0.15, -0.1) is 0 Å². The lowest BCUT2D eigenvalue weighted by atomic mass is 9.86. The maximum absolute atomic E-state index is 13.3. The molecule has 4 rings (SSSR count). The molecule has 1 unspecified atom stereocenters. The highest BCUT2D eigenvalue weighted by Crippen LogP contribution is 2.45. The number of hydrogen-bond acceptors (Lipinski definition) is 6.